The summed E-state index contributed by atoms with van der Waals surface area (Å²) in [4.78, 5) is 4.47. The third kappa shape index (κ3) is 2.37. The van der Waals surface area contributed by atoms with Crippen LogP contribution in [0.15, 0.2) is 18.3 Å². The number of aliphatic hydroxyl groups excluding tert-OH is 1. The first-order chi connectivity index (χ1) is 7.16. The number of hydrogen-bond donors (Lipinski definition) is 1. The Hall–Kier alpha value is -0.890. The molecule has 1 saturated carbocycles. The minimum Gasteiger partial charge on any atom is -0.393 e. The molecule has 0 bridgehead atoms. The van der Waals surface area contributed by atoms with Crippen LogP contribution in [-0.2, 0) is 0 Å². The highest BCUT2D eigenvalue weighted by molar-refractivity contribution is 5.21. The quantitative estimate of drug-likeness (QED) is 0.805. The summed E-state index contributed by atoms with van der Waals surface area (Å²) in [6.45, 7) is 4.31. The maximum atomic E-state index is 9.48. The fourth-order valence-corrected chi connectivity index (χ4v) is 2.26. The van der Waals surface area contributed by atoms with Crippen LogP contribution < -0.4 is 0 Å². The number of nitrogens with zero attached hydrogens (tertiary/aromatic N) is 1. The summed E-state index contributed by atoms with van der Waals surface area (Å²) < 4.78 is 0. The van der Waals surface area contributed by atoms with Crippen LogP contribution in [0.2, 0.25) is 0 Å². The highest BCUT2D eigenvalue weighted by Crippen LogP contribution is 2.34. The van der Waals surface area contributed by atoms with Gasteiger partial charge in [-0.1, -0.05) is 19.9 Å². The maximum Gasteiger partial charge on any atom is 0.0546 e. The molecule has 1 fully saturated rings. The molecule has 2 nitrogen and oxygen atoms in total. The van der Waals surface area contributed by atoms with Gasteiger partial charge in [-0.15, -0.1) is 0 Å². The monoisotopic (exact) mass is 205 g/mol. The molecule has 1 aliphatic carbocycles. The van der Waals surface area contributed by atoms with Gasteiger partial charge >= 0.3 is 0 Å². The van der Waals surface area contributed by atoms with Gasteiger partial charge in [0, 0.05) is 11.9 Å². The number of pyridine rings is 1. The van der Waals surface area contributed by atoms with Gasteiger partial charge in [-0.3, -0.25) is 4.98 Å². The lowest BCUT2D eigenvalue weighted by Crippen LogP contribution is -2.00. The van der Waals surface area contributed by atoms with Crippen molar-refractivity contribution in [3.63, 3.8) is 0 Å². The molecule has 2 heteroatoms. The van der Waals surface area contributed by atoms with Crippen LogP contribution in [0.5, 0.6) is 0 Å². The molecule has 2 rings (SSSR count). The Morgan fingerprint density at radius 3 is 2.60 bits per heavy atom. The lowest BCUT2D eigenvalue weighted by molar-refractivity contribution is 0.181. The van der Waals surface area contributed by atoms with E-state index in [1.54, 1.807) is 0 Å². The zero-order chi connectivity index (χ0) is 10.8. The Bertz CT molecular complexity index is 318. The van der Waals surface area contributed by atoms with E-state index in [-0.39, 0.29) is 6.10 Å². The van der Waals surface area contributed by atoms with E-state index in [9.17, 15) is 5.11 Å². The van der Waals surface area contributed by atoms with E-state index < -0.39 is 0 Å². The highest BCUT2D eigenvalue weighted by Gasteiger charge is 2.24. The number of aromatic nitrogens is 1. The van der Waals surface area contributed by atoms with E-state index in [0.29, 0.717) is 11.8 Å². The number of hydrogen-bond acceptors (Lipinski definition) is 2. The number of rotatable bonds is 2. The molecule has 1 aromatic rings. The molecule has 0 aliphatic heterocycles. The van der Waals surface area contributed by atoms with Crippen molar-refractivity contribution in [2.45, 2.75) is 51.0 Å². The summed E-state index contributed by atoms with van der Waals surface area (Å²) in [5, 5.41) is 9.48. The molecule has 1 aliphatic rings. The molecule has 2 unspecified atom stereocenters. The van der Waals surface area contributed by atoms with E-state index >= 15 is 0 Å². The average Bonchev–Trinajstić information content (AvgIpc) is 2.65. The average molecular weight is 205 g/mol. The molecule has 0 radical (unpaired) electrons. The van der Waals surface area contributed by atoms with Crippen LogP contribution >= 0.6 is 0 Å². The van der Waals surface area contributed by atoms with Crippen molar-refractivity contribution >= 4 is 0 Å². The third-order valence-corrected chi connectivity index (χ3v) is 3.28. The molecule has 1 N–H and O–H groups in total. The molecule has 0 aromatic carbocycles. The van der Waals surface area contributed by atoms with Gasteiger partial charge in [0.05, 0.1) is 6.10 Å². The largest absolute Gasteiger partial charge is 0.393 e. The minimum absolute atomic E-state index is 0.0974. The normalized spacial score (nSPS) is 26.1. The zero-order valence-corrected chi connectivity index (χ0v) is 9.48. The summed E-state index contributed by atoms with van der Waals surface area (Å²) in [5.41, 5.74) is 2.44. The Labute approximate surface area is 91.4 Å². The Balaban J connectivity index is 2.10. The van der Waals surface area contributed by atoms with Gasteiger partial charge in [0.1, 0.15) is 0 Å². The van der Waals surface area contributed by atoms with Crippen molar-refractivity contribution in [2.24, 2.45) is 0 Å². The SMILES string of the molecule is CC(C)c1ccc(C2CCC(O)C2)cn1. The molecule has 0 amide bonds. The molecule has 0 spiro atoms. The minimum atomic E-state index is -0.0974. The second kappa shape index (κ2) is 4.31. The highest BCUT2D eigenvalue weighted by atomic mass is 16.3. The maximum absolute atomic E-state index is 9.48. The third-order valence-electron chi connectivity index (χ3n) is 3.28. The summed E-state index contributed by atoms with van der Waals surface area (Å²) in [5.74, 6) is 1.02. The van der Waals surface area contributed by atoms with Gasteiger partial charge in [0.25, 0.3) is 0 Å². The zero-order valence-electron chi connectivity index (χ0n) is 9.48. The second-order valence-electron chi connectivity index (χ2n) is 4.83. The van der Waals surface area contributed by atoms with Gasteiger partial charge in [-0.25, -0.2) is 0 Å². The van der Waals surface area contributed by atoms with Crippen molar-refractivity contribution in [3.05, 3.63) is 29.6 Å². The topological polar surface area (TPSA) is 33.1 Å². The van der Waals surface area contributed by atoms with Crippen LogP contribution in [0.25, 0.3) is 0 Å². The smallest absolute Gasteiger partial charge is 0.0546 e. The number of aliphatic hydroxyl groups is 1. The van der Waals surface area contributed by atoms with Crippen LogP contribution in [0.3, 0.4) is 0 Å². The molecule has 15 heavy (non-hydrogen) atoms. The second-order valence-corrected chi connectivity index (χ2v) is 4.83. The summed E-state index contributed by atoms with van der Waals surface area (Å²) >= 11 is 0. The molecule has 0 saturated heterocycles. The predicted octanol–water partition coefficient (Wildman–Crippen LogP) is 2.83. The van der Waals surface area contributed by atoms with E-state index in [1.807, 2.05) is 6.20 Å². The van der Waals surface area contributed by atoms with Crippen LogP contribution in [0.1, 0.15) is 56.2 Å². The van der Waals surface area contributed by atoms with Gasteiger partial charge in [0.15, 0.2) is 0 Å². The van der Waals surface area contributed by atoms with E-state index in [1.165, 1.54) is 5.56 Å². The van der Waals surface area contributed by atoms with Crippen molar-refractivity contribution in [1.29, 1.82) is 0 Å². The fraction of sp³-hybridized carbons (Fsp3) is 0.615. The molecular formula is C13H19NO. The molecular weight excluding hydrogens is 186 g/mol. The van der Waals surface area contributed by atoms with E-state index in [0.717, 1.165) is 25.0 Å². The molecule has 1 heterocycles. The van der Waals surface area contributed by atoms with Crippen LogP contribution in [-0.4, -0.2) is 16.2 Å². The van der Waals surface area contributed by atoms with Gasteiger partial charge in [-0.2, -0.15) is 0 Å². The first kappa shape index (κ1) is 10.6. The van der Waals surface area contributed by atoms with Crippen molar-refractivity contribution < 1.29 is 5.11 Å². The summed E-state index contributed by atoms with van der Waals surface area (Å²) in [6, 6.07) is 4.29. The van der Waals surface area contributed by atoms with Crippen LogP contribution in [0.4, 0.5) is 0 Å². The van der Waals surface area contributed by atoms with Gasteiger partial charge in [0.2, 0.25) is 0 Å². The lowest BCUT2D eigenvalue weighted by Gasteiger charge is -2.11. The Morgan fingerprint density at radius 1 is 1.33 bits per heavy atom. The lowest BCUT2D eigenvalue weighted by atomic mass is 9.98. The molecule has 1 aromatic heterocycles. The first-order valence-corrected chi connectivity index (χ1v) is 5.80. The predicted molar refractivity (Wildman–Crippen MR) is 60.9 cm³/mol. The standard InChI is InChI=1S/C13H19NO/c1-9(2)13-6-4-11(8-14-13)10-3-5-12(15)7-10/h4,6,8-10,12,15H,3,5,7H2,1-2H3. The van der Waals surface area contributed by atoms with E-state index in [4.69, 9.17) is 0 Å². The first-order valence-electron chi connectivity index (χ1n) is 5.80. The van der Waals surface area contributed by atoms with Crippen molar-refractivity contribution in [1.82, 2.24) is 4.98 Å². The summed E-state index contributed by atoms with van der Waals surface area (Å²) in [6.07, 6.45) is 4.83. The molecule has 82 valence electrons. The molecule has 2 atom stereocenters. The van der Waals surface area contributed by atoms with Crippen molar-refractivity contribution in [3.8, 4) is 0 Å². The van der Waals surface area contributed by atoms with Gasteiger partial charge < -0.3 is 5.11 Å². The van der Waals surface area contributed by atoms with Crippen molar-refractivity contribution in [2.75, 3.05) is 0 Å². The van der Waals surface area contributed by atoms with E-state index in [2.05, 4.69) is 31.0 Å². The fourth-order valence-electron chi connectivity index (χ4n) is 2.26. The Kier molecular flexibility index (Phi) is 3.06. The Morgan fingerprint density at radius 2 is 2.13 bits per heavy atom. The van der Waals surface area contributed by atoms with Gasteiger partial charge in [-0.05, 0) is 42.7 Å². The van der Waals surface area contributed by atoms with Crippen LogP contribution in [0, 0.1) is 0 Å². The summed E-state index contributed by atoms with van der Waals surface area (Å²) in [7, 11) is 0.